The predicted octanol–water partition coefficient (Wildman–Crippen LogP) is 3.23. The normalized spacial score (nSPS) is 11.3. The van der Waals surface area contributed by atoms with Gasteiger partial charge in [-0.3, -0.25) is 9.48 Å². The van der Waals surface area contributed by atoms with Crippen molar-refractivity contribution in [3.8, 4) is 5.75 Å². The second kappa shape index (κ2) is 6.30. The molecule has 0 N–H and O–H groups in total. The number of allylic oxidation sites excluding steroid dienone is 1. The van der Waals surface area contributed by atoms with Crippen LogP contribution >= 0.6 is 0 Å². The molecule has 2 rings (SSSR count). The standard InChI is InChI=1S/C15H14F2N2O2/c1-10-12(9-18-19(10)2)13(20)8-7-11-5-3-4-6-14(11)21-15(16)17/h3-9,15H,1-2H3/b8-7+. The first kappa shape index (κ1) is 14.9. The van der Waals surface area contributed by atoms with Crippen LogP contribution in [0.25, 0.3) is 6.08 Å². The third kappa shape index (κ3) is 3.53. The second-order valence-electron chi connectivity index (χ2n) is 4.38. The average molecular weight is 292 g/mol. The number of hydrogen-bond acceptors (Lipinski definition) is 3. The SMILES string of the molecule is Cc1c(C(=O)/C=C/c2ccccc2OC(F)F)cnn1C. The number of nitrogens with zero attached hydrogens (tertiary/aromatic N) is 2. The van der Waals surface area contributed by atoms with E-state index in [1.165, 1.54) is 24.4 Å². The van der Waals surface area contributed by atoms with Crippen LogP contribution in [-0.4, -0.2) is 22.2 Å². The Morgan fingerprint density at radius 1 is 1.38 bits per heavy atom. The second-order valence-corrected chi connectivity index (χ2v) is 4.38. The van der Waals surface area contributed by atoms with Crippen molar-refractivity contribution < 1.29 is 18.3 Å². The highest BCUT2D eigenvalue weighted by molar-refractivity contribution is 6.07. The zero-order valence-corrected chi connectivity index (χ0v) is 11.6. The van der Waals surface area contributed by atoms with Crippen LogP contribution in [0.4, 0.5) is 8.78 Å². The van der Waals surface area contributed by atoms with E-state index < -0.39 is 6.61 Å². The number of rotatable bonds is 5. The third-order valence-corrected chi connectivity index (χ3v) is 3.05. The molecule has 0 spiro atoms. The summed E-state index contributed by atoms with van der Waals surface area (Å²) in [5.74, 6) is -0.216. The largest absolute Gasteiger partial charge is 0.434 e. The number of ketones is 1. The van der Waals surface area contributed by atoms with Gasteiger partial charge in [-0.25, -0.2) is 0 Å². The van der Waals surface area contributed by atoms with Gasteiger partial charge in [0.25, 0.3) is 0 Å². The molecule has 0 aliphatic rings. The topological polar surface area (TPSA) is 44.1 Å². The number of alkyl halides is 2. The van der Waals surface area contributed by atoms with Crippen molar-refractivity contribution in [2.75, 3.05) is 0 Å². The van der Waals surface area contributed by atoms with Gasteiger partial charge in [0, 0.05) is 18.3 Å². The number of ether oxygens (including phenoxy) is 1. The van der Waals surface area contributed by atoms with Crippen molar-refractivity contribution in [3.63, 3.8) is 0 Å². The Balaban J connectivity index is 2.21. The van der Waals surface area contributed by atoms with E-state index in [1.807, 2.05) is 0 Å². The highest BCUT2D eigenvalue weighted by atomic mass is 19.3. The summed E-state index contributed by atoms with van der Waals surface area (Å²) < 4.78 is 30.6. The molecule has 1 aromatic heterocycles. The number of benzene rings is 1. The van der Waals surface area contributed by atoms with Crippen LogP contribution in [-0.2, 0) is 7.05 Å². The Bertz CT molecular complexity index is 678. The lowest BCUT2D eigenvalue weighted by Crippen LogP contribution is -2.03. The van der Waals surface area contributed by atoms with Gasteiger partial charge >= 0.3 is 6.61 Å². The van der Waals surface area contributed by atoms with E-state index in [-0.39, 0.29) is 11.5 Å². The molecular formula is C15H14F2N2O2. The van der Waals surface area contributed by atoms with Gasteiger partial charge in [0.05, 0.1) is 11.8 Å². The maximum atomic E-state index is 12.3. The Morgan fingerprint density at radius 2 is 2.10 bits per heavy atom. The Labute approximate surface area is 120 Å². The summed E-state index contributed by atoms with van der Waals surface area (Å²) in [6.45, 7) is -1.13. The third-order valence-electron chi connectivity index (χ3n) is 3.05. The number of para-hydroxylation sites is 1. The van der Waals surface area contributed by atoms with Gasteiger partial charge in [-0.1, -0.05) is 18.2 Å². The van der Waals surface area contributed by atoms with Crippen LogP contribution in [0.5, 0.6) is 5.75 Å². The number of aromatic nitrogens is 2. The van der Waals surface area contributed by atoms with Gasteiger partial charge in [-0.15, -0.1) is 0 Å². The zero-order chi connectivity index (χ0) is 15.4. The van der Waals surface area contributed by atoms with Gasteiger partial charge in [-0.2, -0.15) is 13.9 Å². The molecule has 6 heteroatoms. The summed E-state index contributed by atoms with van der Waals surface area (Å²) in [5.41, 5.74) is 1.62. The van der Waals surface area contributed by atoms with Crippen molar-refractivity contribution in [1.82, 2.24) is 9.78 Å². The molecule has 4 nitrogen and oxygen atoms in total. The molecule has 0 saturated heterocycles. The Kier molecular flexibility index (Phi) is 4.47. The lowest BCUT2D eigenvalue weighted by molar-refractivity contribution is -0.0499. The van der Waals surface area contributed by atoms with Crippen LogP contribution in [0.2, 0.25) is 0 Å². The predicted molar refractivity (Wildman–Crippen MR) is 74.4 cm³/mol. The van der Waals surface area contributed by atoms with Crippen LogP contribution in [0.15, 0.2) is 36.5 Å². The molecule has 0 amide bonds. The van der Waals surface area contributed by atoms with Gasteiger partial charge in [0.1, 0.15) is 5.75 Å². The fourth-order valence-electron chi connectivity index (χ4n) is 1.82. The molecule has 0 saturated carbocycles. The quantitative estimate of drug-likeness (QED) is 0.628. The summed E-state index contributed by atoms with van der Waals surface area (Å²) in [5, 5.41) is 3.99. The molecule has 0 unspecified atom stereocenters. The molecule has 110 valence electrons. The highest BCUT2D eigenvalue weighted by Gasteiger charge is 2.11. The smallest absolute Gasteiger partial charge is 0.387 e. The molecule has 1 aromatic carbocycles. The average Bonchev–Trinajstić information content (AvgIpc) is 2.77. The van der Waals surface area contributed by atoms with Crippen molar-refractivity contribution in [2.24, 2.45) is 7.05 Å². The molecular weight excluding hydrogens is 278 g/mol. The van der Waals surface area contributed by atoms with Crippen LogP contribution < -0.4 is 4.74 Å². The van der Waals surface area contributed by atoms with Crippen LogP contribution in [0, 0.1) is 6.92 Å². The molecule has 0 fully saturated rings. The van der Waals surface area contributed by atoms with E-state index in [4.69, 9.17) is 0 Å². The summed E-state index contributed by atoms with van der Waals surface area (Å²) in [7, 11) is 1.74. The van der Waals surface area contributed by atoms with Crippen LogP contribution in [0.1, 0.15) is 21.6 Å². The van der Waals surface area contributed by atoms with E-state index >= 15 is 0 Å². The number of halogens is 2. The first-order valence-corrected chi connectivity index (χ1v) is 6.24. The molecule has 0 aliphatic heterocycles. The van der Waals surface area contributed by atoms with E-state index in [1.54, 1.807) is 36.9 Å². The maximum absolute atomic E-state index is 12.3. The van der Waals surface area contributed by atoms with E-state index in [9.17, 15) is 13.6 Å². The summed E-state index contributed by atoms with van der Waals surface area (Å²) in [4.78, 5) is 12.1. The highest BCUT2D eigenvalue weighted by Crippen LogP contribution is 2.22. The molecule has 0 bridgehead atoms. The van der Waals surface area contributed by atoms with Crippen molar-refractivity contribution >= 4 is 11.9 Å². The van der Waals surface area contributed by atoms with E-state index in [0.29, 0.717) is 11.1 Å². The fraction of sp³-hybridized carbons (Fsp3) is 0.200. The molecule has 0 aliphatic carbocycles. The fourth-order valence-corrected chi connectivity index (χ4v) is 1.82. The Hall–Kier alpha value is -2.50. The first-order chi connectivity index (χ1) is 9.99. The van der Waals surface area contributed by atoms with E-state index in [0.717, 1.165) is 5.69 Å². The molecule has 0 atom stereocenters. The van der Waals surface area contributed by atoms with Gasteiger partial charge in [0.2, 0.25) is 0 Å². The summed E-state index contributed by atoms with van der Waals surface area (Å²) in [6.07, 6.45) is 4.24. The molecule has 1 heterocycles. The number of hydrogen-bond donors (Lipinski definition) is 0. The Morgan fingerprint density at radius 3 is 2.71 bits per heavy atom. The molecule has 21 heavy (non-hydrogen) atoms. The monoisotopic (exact) mass is 292 g/mol. The van der Waals surface area contributed by atoms with Crippen molar-refractivity contribution in [1.29, 1.82) is 0 Å². The number of carbonyl (C=O) groups is 1. The molecule has 2 aromatic rings. The number of carbonyl (C=O) groups excluding carboxylic acids is 1. The van der Waals surface area contributed by atoms with Gasteiger partial charge in [0.15, 0.2) is 5.78 Å². The van der Waals surface area contributed by atoms with E-state index in [2.05, 4.69) is 9.84 Å². The van der Waals surface area contributed by atoms with Gasteiger partial charge in [-0.05, 0) is 25.1 Å². The van der Waals surface area contributed by atoms with Crippen molar-refractivity contribution in [3.05, 3.63) is 53.4 Å². The number of aryl methyl sites for hydroxylation is 1. The summed E-state index contributed by atoms with van der Waals surface area (Å²) in [6, 6.07) is 6.28. The van der Waals surface area contributed by atoms with Crippen LogP contribution in [0.3, 0.4) is 0 Å². The lowest BCUT2D eigenvalue weighted by atomic mass is 10.1. The lowest BCUT2D eigenvalue weighted by Gasteiger charge is -2.07. The minimum atomic E-state index is -2.91. The minimum Gasteiger partial charge on any atom is -0.434 e. The molecule has 0 radical (unpaired) electrons. The van der Waals surface area contributed by atoms with Gasteiger partial charge < -0.3 is 4.74 Å². The maximum Gasteiger partial charge on any atom is 0.387 e. The zero-order valence-electron chi connectivity index (χ0n) is 11.6. The minimum absolute atomic E-state index is 0.0273. The van der Waals surface area contributed by atoms with Crippen molar-refractivity contribution in [2.45, 2.75) is 13.5 Å². The first-order valence-electron chi connectivity index (χ1n) is 6.24. The summed E-state index contributed by atoms with van der Waals surface area (Å²) >= 11 is 0.